The summed E-state index contributed by atoms with van der Waals surface area (Å²) in [5.41, 5.74) is 5.39. The number of aryl methyl sites for hydroxylation is 2. The second-order valence-corrected chi connectivity index (χ2v) is 11.3. The van der Waals surface area contributed by atoms with Crippen molar-refractivity contribution in [1.29, 1.82) is 0 Å². The van der Waals surface area contributed by atoms with Crippen molar-refractivity contribution in [1.82, 2.24) is 0 Å². The van der Waals surface area contributed by atoms with Crippen LogP contribution in [0.3, 0.4) is 0 Å². The van der Waals surface area contributed by atoms with Crippen molar-refractivity contribution < 1.29 is 133 Å². The third kappa shape index (κ3) is 14.0. The van der Waals surface area contributed by atoms with Crippen molar-refractivity contribution in [3.8, 4) is 0 Å². The van der Waals surface area contributed by atoms with Crippen LogP contribution in [0, 0.1) is 26.0 Å². The Morgan fingerprint density at radius 3 is 1.96 bits per heavy atom. The molecule has 0 radical (unpaired) electrons. The molecule has 0 fully saturated rings. The summed E-state index contributed by atoms with van der Waals surface area (Å²) in [7, 11) is 0. The van der Waals surface area contributed by atoms with E-state index in [4.69, 9.17) is 10.1 Å². The first-order valence-corrected chi connectivity index (χ1v) is 15.2. The van der Waals surface area contributed by atoms with Crippen LogP contribution in [-0.4, -0.2) is 29.4 Å². The number of benzene rings is 4. The van der Waals surface area contributed by atoms with E-state index in [0.29, 0.717) is 10.2 Å². The molecule has 0 spiro atoms. The second kappa shape index (κ2) is 23.3. The van der Waals surface area contributed by atoms with E-state index in [0.717, 1.165) is 48.2 Å². The molecule has 16 heteroatoms. The molecule has 0 saturated carbocycles. The smallest absolute Gasteiger partial charge is 1.00 e. The molecular weight excluding hydrogens is 797 g/mol. The van der Waals surface area contributed by atoms with Crippen molar-refractivity contribution >= 4 is 66.8 Å². The van der Waals surface area contributed by atoms with Crippen molar-refractivity contribution in [2.45, 2.75) is 25.7 Å². The Balaban J connectivity index is 0.000000677. The third-order valence-electron chi connectivity index (χ3n) is 6.64. The van der Waals surface area contributed by atoms with Gasteiger partial charge in [0.05, 0.1) is 9.85 Å². The Morgan fingerprint density at radius 2 is 1.36 bits per heavy atom. The Bertz CT molecular complexity index is 1620. The minimum absolute atomic E-state index is 0. The number of nitro groups is 2. The van der Waals surface area contributed by atoms with Crippen LogP contribution in [-0.2, 0) is 22.5 Å². The number of fused-ring (bicyclic) bond motifs is 2. The summed E-state index contributed by atoms with van der Waals surface area (Å²) in [6, 6.07) is 25.4. The molecule has 6 rings (SSSR count). The average molecular weight is 827 g/mol. The molecule has 238 valence electrons. The molecule has 0 aliphatic carbocycles. The van der Waals surface area contributed by atoms with E-state index in [-0.39, 0.29) is 121 Å². The second-order valence-electron chi connectivity index (χ2n) is 9.51. The molecule has 1 N–H and O–H groups in total. The van der Waals surface area contributed by atoms with Crippen LogP contribution in [0.25, 0.3) is 0 Å². The molecule has 0 atom stereocenters. The molecule has 0 unspecified atom stereocenters. The standard InChI is InChI=1S/C15H13BrN2O2.C9H11N.C6H3BrFNO2.CH2O3.2K.H/c16-12-7-8-14(15(10-12)18(19)20)17-9-3-5-11-4-1-2-6-13(11)17;1-2-6-9-8(4-1)5-3-7-10-9;7-4-1-2-5(8)6(3-4)9(10)11;2-1-4-3;;;/h1-2,4,6-8,10H,3,5,9H2;1-2,4,6,10H,3,5,7H2;1-3H;1,3H;;;/q;;;;2*+1;-1/p-1. The van der Waals surface area contributed by atoms with Gasteiger partial charge < -0.3 is 21.8 Å². The van der Waals surface area contributed by atoms with Crippen LogP contribution < -0.4 is 118 Å². The number of nitro benzene ring substituents is 2. The fourth-order valence-corrected chi connectivity index (χ4v) is 5.39. The summed E-state index contributed by atoms with van der Waals surface area (Å²) in [4.78, 5) is 33.6. The van der Waals surface area contributed by atoms with E-state index >= 15 is 0 Å². The van der Waals surface area contributed by atoms with Crippen molar-refractivity contribution in [2.75, 3.05) is 23.3 Å². The first-order chi connectivity index (χ1) is 21.7. The predicted octanol–water partition coefficient (Wildman–Crippen LogP) is 1.54. The van der Waals surface area contributed by atoms with Gasteiger partial charge in [0, 0.05) is 45.5 Å². The zero-order valence-corrected chi connectivity index (χ0v) is 35.2. The molecule has 0 amide bonds. The van der Waals surface area contributed by atoms with Gasteiger partial charge in [0.25, 0.3) is 12.2 Å². The van der Waals surface area contributed by atoms with Gasteiger partial charge in [-0.2, -0.15) is 4.39 Å². The van der Waals surface area contributed by atoms with Crippen LogP contribution in [0.4, 0.5) is 32.8 Å². The number of carbonyl (C=O) groups is 1. The fourth-order valence-electron chi connectivity index (χ4n) is 4.69. The number of nitrogens with one attached hydrogen (secondary N) is 1. The van der Waals surface area contributed by atoms with E-state index in [2.05, 4.69) is 72.4 Å². The Labute approximate surface area is 374 Å². The van der Waals surface area contributed by atoms with Crippen LogP contribution in [0.2, 0.25) is 0 Å². The fraction of sp³-hybridized carbons (Fsp3) is 0.194. The maximum absolute atomic E-state index is 12.6. The van der Waals surface area contributed by atoms with E-state index in [1.54, 1.807) is 6.07 Å². The largest absolute Gasteiger partial charge is 1.00 e. The van der Waals surface area contributed by atoms with Crippen molar-refractivity contribution in [2.24, 2.45) is 0 Å². The van der Waals surface area contributed by atoms with Gasteiger partial charge in [-0.05, 0) is 73.2 Å². The molecule has 11 nitrogen and oxygen atoms in total. The Hall–Kier alpha value is -1.13. The van der Waals surface area contributed by atoms with Gasteiger partial charge >= 0.3 is 108 Å². The maximum Gasteiger partial charge on any atom is 1.00 e. The summed E-state index contributed by atoms with van der Waals surface area (Å²) in [6.45, 7) is 1.76. The van der Waals surface area contributed by atoms with Gasteiger partial charge in [-0.25, -0.2) is 0 Å². The van der Waals surface area contributed by atoms with Gasteiger partial charge in [0.15, 0.2) is 0 Å². The Kier molecular flexibility index (Phi) is 21.8. The van der Waals surface area contributed by atoms with Crippen LogP contribution in [0.1, 0.15) is 25.4 Å². The number of nitrogens with zero attached hydrogens (tertiary/aromatic N) is 3. The first kappa shape index (κ1) is 43.9. The topological polar surface area (TPSA) is 151 Å². The normalized spacial score (nSPS) is 12.0. The molecule has 2 aliphatic heterocycles. The number of carbonyl (C=O) groups excluding carboxylic acids is 1. The number of para-hydroxylation sites is 2. The van der Waals surface area contributed by atoms with Gasteiger partial charge in [-0.1, -0.05) is 68.3 Å². The van der Waals surface area contributed by atoms with Gasteiger partial charge in [0.1, 0.15) is 5.69 Å². The summed E-state index contributed by atoms with van der Waals surface area (Å²) in [6.07, 6.45) is 4.54. The zero-order valence-electron chi connectivity index (χ0n) is 26.7. The SMILES string of the molecule is O=CO[O-].O=[N+]([O-])c1cc(Br)ccc1F.O=[N+]([O-])c1cc(Br)ccc1N1CCCc2ccccc21.[H-].[K+].[K+].c1ccc2c(c1)CCCN2. The first-order valence-electron chi connectivity index (χ1n) is 13.6. The molecule has 0 bridgehead atoms. The predicted molar refractivity (Wildman–Crippen MR) is 175 cm³/mol. The summed E-state index contributed by atoms with van der Waals surface area (Å²) >= 11 is 6.29. The minimum atomic E-state index is -0.821. The third-order valence-corrected chi connectivity index (χ3v) is 7.62. The van der Waals surface area contributed by atoms with Gasteiger partial charge in [-0.15, -0.1) is 0 Å². The van der Waals surface area contributed by atoms with E-state index in [1.165, 1.54) is 35.7 Å². The quantitative estimate of drug-likeness (QED) is 0.106. The Morgan fingerprint density at radius 1 is 0.809 bits per heavy atom. The van der Waals surface area contributed by atoms with Crippen molar-refractivity contribution in [3.63, 3.8) is 0 Å². The molecule has 2 heterocycles. The average Bonchev–Trinajstić information content (AvgIpc) is 3.06. The number of hydrogen-bond acceptors (Lipinski definition) is 9. The number of halogens is 3. The summed E-state index contributed by atoms with van der Waals surface area (Å²) < 4.78 is 13.8. The monoisotopic (exact) mass is 824 g/mol. The molecule has 0 saturated heterocycles. The molecule has 0 aromatic heterocycles. The van der Waals surface area contributed by atoms with E-state index in [1.807, 2.05) is 35.2 Å². The number of hydrogen-bond donors (Lipinski definition) is 1. The molecule has 47 heavy (non-hydrogen) atoms. The summed E-state index contributed by atoms with van der Waals surface area (Å²) in [5, 5.41) is 33.2. The van der Waals surface area contributed by atoms with Gasteiger partial charge in [0.2, 0.25) is 5.82 Å². The maximum atomic E-state index is 12.6. The molecule has 4 aromatic rings. The van der Waals surface area contributed by atoms with E-state index in [9.17, 15) is 24.6 Å². The molecule has 2 aliphatic rings. The van der Waals surface area contributed by atoms with E-state index < -0.39 is 16.4 Å². The number of rotatable bonds is 4. The van der Waals surface area contributed by atoms with Crippen molar-refractivity contribution in [3.05, 3.63) is 131 Å². The number of anilines is 3. The van der Waals surface area contributed by atoms with Crippen LogP contribution >= 0.6 is 31.9 Å². The minimum Gasteiger partial charge on any atom is -1.00 e. The molecule has 4 aromatic carbocycles. The molecular formula is C31H29Br2FK2N4O7. The zero-order chi connectivity index (χ0) is 32.8. The van der Waals surface area contributed by atoms with Gasteiger partial charge in [-0.3, -0.25) is 25.0 Å². The van der Waals surface area contributed by atoms with Crippen LogP contribution in [0.5, 0.6) is 0 Å². The van der Waals surface area contributed by atoms with Crippen LogP contribution in [0.15, 0.2) is 93.9 Å². The summed E-state index contributed by atoms with van der Waals surface area (Å²) in [5.74, 6) is -0.821.